The van der Waals surface area contributed by atoms with Crippen LogP contribution < -0.4 is 5.32 Å². The highest BCUT2D eigenvalue weighted by Crippen LogP contribution is 2.20. The zero-order chi connectivity index (χ0) is 16.9. The van der Waals surface area contributed by atoms with Gasteiger partial charge in [-0.1, -0.05) is 0 Å². The Morgan fingerprint density at radius 1 is 1.54 bits per heavy atom. The number of ether oxygens (including phenoxy) is 3. The molecule has 2 N–H and O–H groups in total. The van der Waals surface area contributed by atoms with Crippen LogP contribution in [0.1, 0.15) is 30.1 Å². The maximum atomic E-state index is 12.1. The Balaban J connectivity index is 1.63. The average Bonchev–Trinajstić information content (AvgIpc) is 3.24. The summed E-state index contributed by atoms with van der Waals surface area (Å²) in [7, 11) is 0. The lowest BCUT2D eigenvalue weighted by Gasteiger charge is -2.10. The van der Waals surface area contributed by atoms with E-state index in [1.807, 2.05) is 0 Å². The molecule has 0 unspecified atom stereocenters. The van der Waals surface area contributed by atoms with E-state index in [1.54, 1.807) is 19.3 Å². The van der Waals surface area contributed by atoms with Crippen LogP contribution >= 0.6 is 0 Å². The van der Waals surface area contributed by atoms with Crippen molar-refractivity contribution in [3.05, 3.63) is 18.0 Å². The monoisotopic (exact) mass is 336 g/mol. The highest BCUT2D eigenvalue weighted by molar-refractivity contribution is 6.05. The van der Waals surface area contributed by atoms with Crippen molar-refractivity contribution in [2.24, 2.45) is 0 Å². The number of nitrogens with zero attached hydrogens (tertiary/aromatic N) is 2. The van der Waals surface area contributed by atoms with Crippen LogP contribution in [0.2, 0.25) is 0 Å². The second-order valence-corrected chi connectivity index (χ2v) is 5.40. The average molecular weight is 336 g/mol. The topological polar surface area (TPSA) is 107 Å². The van der Waals surface area contributed by atoms with Crippen molar-refractivity contribution in [3.63, 3.8) is 0 Å². The quantitative estimate of drug-likeness (QED) is 0.730. The van der Waals surface area contributed by atoms with Gasteiger partial charge in [0.2, 0.25) is 0 Å². The number of nitrogens with one attached hydrogen (secondary N) is 2. The second-order valence-electron chi connectivity index (χ2n) is 5.40. The predicted molar refractivity (Wildman–Crippen MR) is 83.9 cm³/mol. The lowest BCUT2D eigenvalue weighted by atomic mass is 10.2. The molecule has 9 heteroatoms. The van der Waals surface area contributed by atoms with E-state index >= 15 is 0 Å². The molecule has 130 valence electrons. The molecular formula is C15H20N4O5. The van der Waals surface area contributed by atoms with E-state index in [-0.39, 0.29) is 36.6 Å². The van der Waals surface area contributed by atoms with E-state index in [9.17, 15) is 9.59 Å². The molecule has 24 heavy (non-hydrogen) atoms. The van der Waals surface area contributed by atoms with Crippen LogP contribution in [-0.4, -0.2) is 59.0 Å². The summed E-state index contributed by atoms with van der Waals surface area (Å²) < 4.78 is 17.3. The molecule has 1 amide bonds. The van der Waals surface area contributed by atoms with Gasteiger partial charge in [0.15, 0.2) is 5.65 Å². The number of fused-ring (bicyclic) bond motifs is 1. The largest absolute Gasteiger partial charge is 0.462 e. The van der Waals surface area contributed by atoms with Gasteiger partial charge in [0.25, 0.3) is 5.91 Å². The van der Waals surface area contributed by atoms with Gasteiger partial charge in [-0.05, 0) is 19.8 Å². The van der Waals surface area contributed by atoms with E-state index in [1.165, 1.54) is 4.52 Å². The number of H-pyrrole nitrogens is 1. The number of hydrogen-bond donors (Lipinski definition) is 2. The highest BCUT2D eigenvalue weighted by atomic mass is 16.5. The van der Waals surface area contributed by atoms with Gasteiger partial charge in [-0.3, -0.25) is 9.89 Å². The third-order valence-electron chi connectivity index (χ3n) is 3.65. The summed E-state index contributed by atoms with van der Waals surface area (Å²) in [6, 6.07) is 0. The van der Waals surface area contributed by atoms with Crippen molar-refractivity contribution in [1.29, 1.82) is 0 Å². The first kappa shape index (κ1) is 16.5. The number of imidazole rings is 1. The van der Waals surface area contributed by atoms with Crippen molar-refractivity contribution in [2.45, 2.75) is 25.9 Å². The summed E-state index contributed by atoms with van der Waals surface area (Å²) in [5, 5.41) is 5.52. The Hall–Kier alpha value is -2.39. The highest BCUT2D eigenvalue weighted by Gasteiger charge is 2.23. The number of amides is 1. The number of carbonyl (C=O) groups excluding carboxylic acids is 2. The fraction of sp³-hybridized carbons (Fsp3) is 0.533. The summed E-state index contributed by atoms with van der Waals surface area (Å²) in [4.78, 5) is 28.2. The zero-order valence-electron chi connectivity index (χ0n) is 13.4. The standard InChI is InChI=1S/C15H20N4O5/c1-2-23-15(21)12-13(18-19-6-5-16-14(12)19)17-11(20)9-22-8-10-4-3-7-24-10/h5-6,10,18H,2-4,7-9H2,1H3,(H,17,20)/t10-/m0/s1. The van der Waals surface area contributed by atoms with Gasteiger partial charge in [-0.15, -0.1) is 0 Å². The van der Waals surface area contributed by atoms with Crippen molar-refractivity contribution in [2.75, 3.05) is 31.7 Å². The number of esters is 1. The van der Waals surface area contributed by atoms with E-state index in [0.717, 1.165) is 19.4 Å². The Kier molecular flexibility index (Phi) is 5.11. The van der Waals surface area contributed by atoms with Crippen molar-refractivity contribution < 1.29 is 23.8 Å². The number of anilines is 1. The third-order valence-corrected chi connectivity index (χ3v) is 3.65. The molecule has 3 heterocycles. The van der Waals surface area contributed by atoms with Crippen LogP contribution in [0.4, 0.5) is 5.82 Å². The fourth-order valence-electron chi connectivity index (χ4n) is 2.59. The SMILES string of the molecule is CCOC(=O)c1c(NC(=O)COC[C@@H]2CCCO2)[nH]n2ccnc12. The van der Waals surface area contributed by atoms with Gasteiger partial charge in [-0.25, -0.2) is 14.3 Å². The molecule has 2 aromatic heterocycles. The minimum Gasteiger partial charge on any atom is -0.462 e. The molecule has 1 fully saturated rings. The van der Waals surface area contributed by atoms with E-state index in [0.29, 0.717) is 12.3 Å². The molecule has 0 aromatic carbocycles. The Morgan fingerprint density at radius 2 is 2.42 bits per heavy atom. The molecule has 0 radical (unpaired) electrons. The molecule has 9 nitrogen and oxygen atoms in total. The predicted octanol–water partition coefficient (Wildman–Crippen LogP) is 0.973. The van der Waals surface area contributed by atoms with Crippen LogP contribution in [-0.2, 0) is 19.0 Å². The minimum absolute atomic E-state index is 0.0571. The molecule has 0 aliphatic carbocycles. The van der Waals surface area contributed by atoms with E-state index in [4.69, 9.17) is 14.2 Å². The van der Waals surface area contributed by atoms with Gasteiger partial charge in [-0.2, -0.15) is 0 Å². The number of aromatic nitrogens is 3. The van der Waals surface area contributed by atoms with E-state index < -0.39 is 5.97 Å². The Morgan fingerprint density at radius 3 is 3.17 bits per heavy atom. The molecule has 0 spiro atoms. The zero-order valence-corrected chi connectivity index (χ0v) is 13.4. The van der Waals surface area contributed by atoms with Gasteiger partial charge in [0.05, 0.1) is 19.3 Å². The Bertz CT molecular complexity index is 717. The van der Waals surface area contributed by atoms with Crippen LogP contribution in [0, 0.1) is 0 Å². The normalized spacial score (nSPS) is 17.3. The van der Waals surface area contributed by atoms with Gasteiger partial charge < -0.3 is 19.5 Å². The molecule has 0 bridgehead atoms. The maximum Gasteiger partial charge on any atom is 0.345 e. The smallest absolute Gasteiger partial charge is 0.345 e. The minimum atomic E-state index is -0.550. The van der Waals surface area contributed by atoms with Crippen molar-refractivity contribution in [3.8, 4) is 0 Å². The maximum absolute atomic E-state index is 12.1. The van der Waals surface area contributed by atoms with Crippen LogP contribution in [0.3, 0.4) is 0 Å². The van der Waals surface area contributed by atoms with Crippen LogP contribution in [0.25, 0.3) is 5.65 Å². The Labute approximate surface area is 138 Å². The number of aromatic amines is 1. The molecule has 1 atom stereocenters. The van der Waals surface area contributed by atoms with Crippen molar-refractivity contribution in [1.82, 2.24) is 14.6 Å². The lowest BCUT2D eigenvalue weighted by Crippen LogP contribution is -2.23. The summed E-state index contributed by atoms with van der Waals surface area (Å²) in [5.41, 5.74) is 0.582. The lowest BCUT2D eigenvalue weighted by molar-refractivity contribution is -0.121. The van der Waals surface area contributed by atoms with Gasteiger partial charge in [0.1, 0.15) is 18.0 Å². The molecule has 2 aromatic rings. The summed E-state index contributed by atoms with van der Waals surface area (Å²) in [6.45, 7) is 2.94. The molecular weight excluding hydrogens is 316 g/mol. The van der Waals surface area contributed by atoms with Gasteiger partial charge >= 0.3 is 5.97 Å². The number of rotatable bonds is 7. The first-order chi connectivity index (χ1) is 11.7. The number of hydrogen-bond acceptors (Lipinski definition) is 6. The molecule has 0 saturated carbocycles. The molecule has 1 saturated heterocycles. The van der Waals surface area contributed by atoms with Crippen molar-refractivity contribution >= 4 is 23.3 Å². The molecule has 3 rings (SSSR count). The third kappa shape index (κ3) is 3.57. The first-order valence-corrected chi connectivity index (χ1v) is 7.90. The summed E-state index contributed by atoms with van der Waals surface area (Å²) in [6.07, 6.45) is 5.21. The fourth-order valence-corrected chi connectivity index (χ4v) is 2.59. The van der Waals surface area contributed by atoms with E-state index in [2.05, 4.69) is 15.4 Å². The summed E-state index contributed by atoms with van der Waals surface area (Å²) >= 11 is 0. The summed E-state index contributed by atoms with van der Waals surface area (Å²) in [5.74, 6) is -0.684. The first-order valence-electron chi connectivity index (χ1n) is 7.90. The van der Waals surface area contributed by atoms with Crippen LogP contribution in [0.15, 0.2) is 12.4 Å². The number of carbonyl (C=O) groups is 2. The molecule has 1 aliphatic rings. The molecule has 1 aliphatic heterocycles. The second kappa shape index (κ2) is 7.45. The van der Waals surface area contributed by atoms with Crippen LogP contribution in [0.5, 0.6) is 0 Å². The van der Waals surface area contributed by atoms with Gasteiger partial charge in [0, 0.05) is 19.0 Å².